The first-order valence-electron chi connectivity index (χ1n) is 11.3. The molecule has 2 rings (SSSR count). The summed E-state index contributed by atoms with van der Waals surface area (Å²) in [5, 5.41) is 12.6. The molecule has 0 saturated heterocycles. The lowest BCUT2D eigenvalue weighted by Crippen LogP contribution is -2.48. The first kappa shape index (κ1) is 26.8. The Kier molecular flexibility index (Phi) is 13.1. The second-order valence-corrected chi connectivity index (χ2v) is 8.84. The number of carboxylic acids is 1. The van der Waals surface area contributed by atoms with Crippen molar-refractivity contribution in [3.05, 3.63) is 0 Å². The van der Waals surface area contributed by atoms with Crippen LogP contribution in [0.3, 0.4) is 0 Å². The highest BCUT2D eigenvalue weighted by molar-refractivity contribution is 7.80. The van der Waals surface area contributed by atoms with Crippen LogP contribution in [-0.4, -0.2) is 65.4 Å². The lowest BCUT2D eigenvalue weighted by atomic mass is 9.91. The molecule has 2 atom stereocenters. The molecule has 2 fully saturated rings. The molecular weight excluding hydrogens is 404 g/mol. The largest absolute Gasteiger partial charge is 0.480 e. The Balaban J connectivity index is 0.000000308. The average molecular weight is 445 g/mol. The Morgan fingerprint density at radius 1 is 1.00 bits per heavy atom. The summed E-state index contributed by atoms with van der Waals surface area (Å²) in [5.74, 6) is -2.43. The van der Waals surface area contributed by atoms with Crippen LogP contribution in [0.5, 0.6) is 0 Å². The van der Waals surface area contributed by atoms with Gasteiger partial charge in [-0.3, -0.25) is 9.59 Å². The van der Waals surface area contributed by atoms with Crippen LogP contribution in [0.15, 0.2) is 0 Å². The zero-order valence-corrected chi connectivity index (χ0v) is 19.7. The topological polar surface area (TPSA) is 95.9 Å². The summed E-state index contributed by atoms with van der Waals surface area (Å²) in [7, 11) is 1.18. The van der Waals surface area contributed by atoms with Crippen LogP contribution in [0.2, 0.25) is 0 Å². The number of hydrogen-bond donors (Lipinski definition) is 3. The number of hydrogen-bond acceptors (Lipinski definition) is 6. The number of esters is 1. The molecule has 8 heteroatoms. The number of nitrogens with one attached hydrogen (secondary N) is 1. The van der Waals surface area contributed by atoms with E-state index in [2.05, 4.69) is 22.7 Å². The van der Waals surface area contributed by atoms with Gasteiger partial charge in [0.05, 0.1) is 7.11 Å². The molecule has 0 aromatic carbocycles. The fraction of sp³-hybridized carbons (Fsp3) is 0.864. The second kappa shape index (κ2) is 14.7. The van der Waals surface area contributed by atoms with Gasteiger partial charge in [-0.2, -0.15) is 12.6 Å². The Morgan fingerprint density at radius 3 is 1.83 bits per heavy atom. The summed E-state index contributed by atoms with van der Waals surface area (Å²) in [6.07, 6.45) is 14.6. The summed E-state index contributed by atoms with van der Waals surface area (Å²) < 4.78 is 4.49. The number of nitrogens with zero attached hydrogens (tertiary/aromatic N) is 1. The van der Waals surface area contributed by atoms with Crippen LogP contribution in [-0.2, 0) is 19.1 Å². The molecule has 2 aliphatic rings. The Morgan fingerprint density at radius 2 is 1.47 bits per heavy atom. The molecule has 0 radical (unpaired) electrons. The van der Waals surface area contributed by atoms with Gasteiger partial charge in [-0.1, -0.05) is 45.4 Å². The predicted molar refractivity (Wildman–Crippen MR) is 121 cm³/mol. The Hall–Kier alpha value is -1.28. The Labute approximate surface area is 186 Å². The van der Waals surface area contributed by atoms with Gasteiger partial charge >= 0.3 is 11.9 Å². The predicted octanol–water partition coefficient (Wildman–Crippen LogP) is 3.27. The maximum absolute atomic E-state index is 11.9. The lowest BCUT2D eigenvalue weighted by Gasteiger charge is -2.30. The molecule has 2 aliphatic carbocycles. The van der Waals surface area contributed by atoms with E-state index in [9.17, 15) is 14.4 Å². The van der Waals surface area contributed by atoms with Gasteiger partial charge in [0.25, 0.3) is 0 Å². The SMILES string of the molecule is C1CCC(NC2CCCCC2)CC1.COC(=O)[C@@H](C)N(CC(=O)O)C(=O)C(C)CS. The number of methoxy groups -OCH3 is 1. The highest BCUT2D eigenvalue weighted by Crippen LogP contribution is 2.22. The van der Waals surface area contributed by atoms with Crippen molar-refractivity contribution in [1.29, 1.82) is 0 Å². The highest BCUT2D eigenvalue weighted by Gasteiger charge is 2.30. The zero-order chi connectivity index (χ0) is 22.5. The minimum atomic E-state index is -1.18. The molecule has 174 valence electrons. The zero-order valence-electron chi connectivity index (χ0n) is 18.8. The molecule has 0 heterocycles. The van der Waals surface area contributed by atoms with Crippen molar-refractivity contribution in [3.63, 3.8) is 0 Å². The fourth-order valence-electron chi connectivity index (χ4n) is 4.08. The van der Waals surface area contributed by atoms with E-state index >= 15 is 0 Å². The third-order valence-electron chi connectivity index (χ3n) is 5.98. The molecule has 0 aliphatic heterocycles. The van der Waals surface area contributed by atoms with E-state index in [1.54, 1.807) is 6.92 Å². The standard InChI is InChI=1S/C12H23N.C10H17NO5S/c1-3-7-11(8-4-1)13-12-9-5-2-6-10-12;1-6(5-17)9(14)11(4-8(12)13)7(2)10(15)16-3/h11-13H,1-10H2;6-7,17H,4-5H2,1-3H3,(H,12,13)/t;6?,7-/m.1/s1. The summed E-state index contributed by atoms with van der Waals surface area (Å²) in [6, 6.07) is 0.819. The van der Waals surface area contributed by atoms with E-state index in [4.69, 9.17) is 5.11 Å². The molecule has 0 bridgehead atoms. The van der Waals surface area contributed by atoms with Gasteiger partial charge in [0.1, 0.15) is 12.6 Å². The van der Waals surface area contributed by atoms with E-state index in [0.717, 1.165) is 17.0 Å². The van der Waals surface area contributed by atoms with Gasteiger partial charge in [-0.05, 0) is 32.6 Å². The van der Waals surface area contributed by atoms with Crippen molar-refractivity contribution in [2.24, 2.45) is 5.92 Å². The van der Waals surface area contributed by atoms with Crippen molar-refractivity contribution in [2.45, 2.75) is 96.2 Å². The molecule has 2 saturated carbocycles. The van der Waals surface area contributed by atoms with Crippen molar-refractivity contribution in [3.8, 4) is 0 Å². The van der Waals surface area contributed by atoms with E-state index in [1.807, 2.05) is 0 Å². The molecule has 30 heavy (non-hydrogen) atoms. The number of carbonyl (C=O) groups excluding carboxylic acids is 2. The summed E-state index contributed by atoms with van der Waals surface area (Å²) in [6.45, 7) is 2.51. The summed E-state index contributed by atoms with van der Waals surface area (Å²) in [4.78, 5) is 34.9. The van der Waals surface area contributed by atoms with Crippen LogP contribution in [0, 0.1) is 5.92 Å². The van der Waals surface area contributed by atoms with Crippen LogP contribution in [0.25, 0.3) is 0 Å². The number of carboxylic acid groups (broad SMARTS) is 1. The van der Waals surface area contributed by atoms with Crippen molar-refractivity contribution in [2.75, 3.05) is 19.4 Å². The fourth-order valence-corrected chi connectivity index (χ4v) is 4.24. The highest BCUT2D eigenvalue weighted by atomic mass is 32.1. The molecule has 7 nitrogen and oxygen atoms in total. The van der Waals surface area contributed by atoms with Crippen LogP contribution in [0.1, 0.15) is 78.1 Å². The van der Waals surface area contributed by atoms with Gasteiger partial charge < -0.3 is 20.1 Å². The van der Waals surface area contributed by atoms with Gasteiger partial charge in [0, 0.05) is 23.8 Å². The number of aliphatic carboxylic acids is 1. The third kappa shape index (κ3) is 9.69. The maximum atomic E-state index is 11.9. The number of thiol groups is 1. The molecular formula is C22H40N2O5S. The monoisotopic (exact) mass is 444 g/mol. The van der Waals surface area contributed by atoms with Gasteiger partial charge in [0.15, 0.2) is 0 Å². The smallest absolute Gasteiger partial charge is 0.328 e. The van der Waals surface area contributed by atoms with Crippen LogP contribution < -0.4 is 5.32 Å². The van der Waals surface area contributed by atoms with Crippen molar-refractivity contribution >= 4 is 30.5 Å². The maximum Gasteiger partial charge on any atom is 0.328 e. The van der Waals surface area contributed by atoms with Crippen molar-refractivity contribution < 1.29 is 24.2 Å². The van der Waals surface area contributed by atoms with Crippen molar-refractivity contribution in [1.82, 2.24) is 10.2 Å². The summed E-state index contributed by atoms with van der Waals surface area (Å²) >= 11 is 3.97. The Bertz CT molecular complexity index is 518. The molecule has 0 spiro atoms. The van der Waals surface area contributed by atoms with Gasteiger partial charge in [0.2, 0.25) is 5.91 Å². The molecule has 0 aromatic rings. The molecule has 0 aromatic heterocycles. The quantitative estimate of drug-likeness (QED) is 0.393. The molecule has 1 unspecified atom stereocenters. The van der Waals surface area contributed by atoms with Crippen LogP contribution >= 0.6 is 12.6 Å². The third-order valence-corrected chi connectivity index (χ3v) is 6.52. The number of ether oxygens (including phenoxy) is 1. The number of carbonyl (C=O) groups is 3. The first-order chi connectivity index (χ1) is 14.3. The molecule has 2 N–H and O–H groups in total. The second-order valence-electron chi connectivity index (χ2n) is 8.48. The van der Waals surface area contributed by atoms with E-state index < -0.39 is 36.4 Å². The minimum Gasteiger partial charge on any atom is -0.480 e. The summed E-state index contributed by atoms with van der Waals surface area (Å²) in [5.41, 5.74) is 0. The lowest BCUT2D eigenvalue weighted by molar-refractivity contribution is -0.156. The number of rotatable bonds is 8. The normalized spacial score (nSPS) is 19.7. The minimum absolute atomic E-state index is 0.281. The van der Waals surface area contributed by atoms with Gasteiger partial charge in [-0.15, -0.1) is 0 Å². The van der Waals surface area contributed by atoms with E-state index in [-0.39, 0.29) is 5.75 Å². The van der Waals surface area contributed by atoms with Crippen LogP contribution in [0.4, 0.5) is 0 Å². The van der Waals surface area contributed by atoms with E-state index in [0.29, 0.717) is 0 Å². The number of amides is 1. The first-order valence-corrected chi connectivity index (χ1v) is 11.9. The average Bonchev–Trinajstić information content (AvgIpc) is 2.77. The van der Waals surface area contributed by atoms with Gasteiger partial charge in [-0.25, -0.2) is 4.79 Å². The molecule has 1 amide bonds. The van der Waals surface area contributed by atoms with E-state index in [1.165, 1.54) is 78.2 Å².